The standard InChI is InChI=1S/C12H16FNO/c1-4-9-7-10(5-6-11(9)13)12(15)14-8(2)3/h5-8H,4H2,1-3H3,(H,14,15). The number of carbonyl (C=O) groups excluding carboxylic acids is 1. The van der Waals surface area contributed by atoms with Crippen LogP contribution in [0.5, 0.6) is 0 Å². The summed E-state index contributed by atoms with van der Waals surface area (Å²) in [5.74, 6) is -0.404. The van der Waals surface area contributed by atoms with Gasteiger partial charge in [0.25, 0.3) is 5.91 Å². The molecule has 1 N–H and O–H groups in total. The van der Waals surface area contributed by atoms with Gasteiger partial charge in [0.05, 0.1) is 0 Å². The average molecular weight is 209 g/mol. The van der Waals surface area contributed by atoms with Crippen LogP contribution in [0.3, 0.4) is 0 Å². The summed E-state index contributed by atoms with van der Waals surface area (Å²) in [6.07, 6.45) is 0.592. The summed E-state index contributed by atoms with van der Waals surface area (Å²) in [6.45, 7) is 5.65. The topological polar surface area (TPSA) is 29.1 Å². The molecular formula is C12H16FNO. The fraction of sp³-hybridized carbons (Fsp3) is 0.417. The van der Waals surface area contributed by atoms with Gasteiger partial charge in [0.15, 0.2) is 0 Å². The Labute approximate surface area is 89.5 Å². The summed E-state index contributed by atoms with van der Waals surface area (Å²) >= 11 is 0. The van der Waals surface area contributed by atoms with E-state index in [0.29, 0.717) is 17.5 Å². The summed E-state index contributed by atoms with van der Waals surface area (Å²) in [5.41, 5.74) is 1.09. The number of aryl methyl sites for hydroxylation is 1. The van der Waals surface area contributed by atoms with Crippen LogP contribution in [0.25, 0.3) is 0 Å². The number of nitrogens with one attached hydrogen (secondary N) is 1. The second-order valence-corrected chi connectivity index (χ2v) is 3.79. The Morgan fingerprint density at radius 2 is 2.13 bits per heavy atom. The zero-order chi connectivity index (χ0) is 11.4. The maximum absolute atomic E-state index is 13.2. The van der Waals surface area contributed by atoms with Gasteiger partial charge in [-0.3, -0.25) is 4.79 Å². The van der Waals surface area contributed by atoms with Crippen molar-refractivity contribution < 1.29 is 9.18 Å². The van der Waals surface area contributed by atoms with E-state index in [9.17, 15) is 9.18 Å². The van der Waals surface area contributed by atoms with Gasteiger partial charge < -0.3 is 5.32 Å². The van der Waals surface area contributed by atoms with E-state index in [2.05, 4.69) is 5.32 Å². The Morgan fingerprint density at radius 3 is 2.67 bits per heavy atom. The van der Waals surface area contributed by atoms with Crippen LogP contribution in [0.2, 0.25) is 0 Å². The number of halogens is 1. The van der Waals surface area contributed by atoms with Crippen LogP contribution in [-0.2, 0) is 6.42 Å². The lowest BCUT2D eigenvalue weighted by Gasteiger charge is -2.09. The van der Waals surface area contributed by atoms with Crippen LogP contribution in [0.4, 0.5) is 4.39 Å². The predicted octanol–water partition coefficient (Wildman–Crippen LogP) is 2.53. The van der Waals surface area contributed by atoms with Crippen molar-refractivity contribution in [2.75, 3.05) is 0 Å². The molecule has 0 saturated carbocycles. The zero-order valence-corrected chi connectivity index (χ0v) is 9.30. The van der Waals surface area contributed by atoms with Crippen LogP contribution in [-0.4, -0.2) is 11.9 Å². The maximum Gasteiger partial charge on any atom is 0.251 e. The number of rotatable bonds is 3. The highest BCUT2D eigenvalue weighted by Crippen LogP contribution is 2.11. The molecule has 0 atom stereocenters. The van der Waals surface area contributed by atoms with Crippen molar-refractivity contribution in [3.05, 3.63) is 35.1 Å². The minimum atomic E-state index is -0.251. The zero-order valence-electron chi connectivity index (χ0n) is 9.30. The molecule has 0 aliphatic carbocycles. The summed E-state index contributed by atoms with van der Waals surface area (Å²) in [6, 6.07) is 4.54. The summed E-state index contributed by atoms with van der Waals surface area (Å²) < 4.78 is 13.2. The lowest BCUT2D eigenvalue weighted by atomic mass is 10.1. The molecule has 1 rings (SSSR count). The van der Waals surface area contributed by atoms with Gasteiger partial charge in [-0.15, -0.1) is 0 Å². The van der Waals surface area contributed by atoms with Crippen LogP contribution >= 0.6 is 0 Å². The second-order valence-electron chi connectivity index (χ2n) is 3.79. The average Bonchev–Trinajstić information content (AvgIpc) is 2.17. The van der Waals surface area contributed by atoms with Crippen molar-refractivity contribution in [2.45, 2.75) is 33.2 Å². The van der Waals surface area contributed by atoms with E-state index in [1.54, 1.807) is 6.07 Å². The SMILES string of the molecule is CCc1cc(C(=O)NC(C)C)ccc1F. The van der Waals surface area contributed by atoms with Gasteiger partial charge in [-0.25, -0.2) is 4.39 Å². The van der Waals surface area contributed by atoms with E-state index in [1.165, 1.54) is 12.1 Å². The fourth-order valence-electron chi connectivity index (χ4n) is 1.33. The number of benzene rings is 1. The third-order valence-corrected chi connectivity index (χ3v) is 2.11. The van der Waals surface area contributed by atoms with Crippen molar-refractivity contribution in [1.29, 1.82) is 0 Å². The lowest BCUT2D eigenvalue weighted by Crippen LogP contribution is -2.30. The van der Waals surface area contributed by atoms with Crippen LogP contribution in [0.15, 0.2) is 18.2 Å². The highest BCUT2D eigenvalue weighted by atomic mass is 19.1. The van der Waals surface area contributed by atoms with Gasteiger partial charge in [0.1, 0.15) is 5.82 Å². The molecule has 1 aromatic carbocycles. The Kier molecular flexibility index (Phi) is 3.83. The molecule has 1 amide bonds. The molecule has 0 aromatic heterocycles. The number of amides is 1. The Morgan fingerprint density at radius 1 is 1.47 bits per heavy atom. The molecule has 82 valence electrons. The summed E-state index contributed by atoms with van der Waals surface area (Å²) in [5, 5.41) is 2.77. The van der Waals surface area contributed by atoms with Crippen LogP contribution in [0, 0.1) is 5.82 Å². The Balaban J connectivity index is 2.91. The third kappa shape index (κ3) is 3.05. The molecule has 0 fully saturated rings. The first-order valence-corrected chi connectivity index (χ1v) is 5.14. The molecule has 0 aliphatic heterocycles. The van der Waals surface area contributed by atoms with Crippen molar-refractivity contribution >= 4 is 5.91 Å². The largest absolute Gasteiger partial charge is 0.350 e. The first-order valence-electron chi connectivity index (χ1n) is 5.14. The van der Waals surface area contributed by atoms with Gasteiger partial charge >= 0.3 is 0 Å². The van der Waals surface area contributed by atoms with E-state index >= 15 is 0 Å². The normalized spacial score (nSPS) is 10.5. The quantitative estimate of drug-likeness (QED) is 0.814. The minimum Gasteiger partial charge on any atom is -0.350 e. The van der Waals surface area contributed by atoms with E-state index in [1.807, 2.05) is 20.8 Å². The third-order valence-electron chi connectivity index (χ3n) is 2.11. The lowest BCUT2D eigenvalue weighted by molar-refractivity contribution is 0.0943. The summed E-state index contributed by atoms with van der Waals surface area (Å²) in [7, 11) is 0. The van der Waals surface area contributed by atoms with Gasteiger partial charge in [0.2, 0.25) is 0 Å². The molecule has 3 heteroatoms. The Bertz CT molecular complexity index is 361. The Hall–Kier alpha value is -1.38. The fourth-order valence-corrected chi connectivity index (χ4v) is 1.33. The molecule has 0 bridgehead atoms. The highest BCUT2D eigenvalue weighted by Gasteiger charge is 2.09. The van der Waals surface area contributed by atoms with Gasteiger partial charge in [0, 0.05) is 11.6 Å². The van der Waals surface area contributed by atoms with E-state index in [4.69, 9.17) is 0 Å². The summed E-state index contributed by atoms with van der Waals surface area (Å²) in [4.78, 5) is 11.6. The van der Waals surface area contributed by atoms with Crippen molar-refractivity contribution in [2.24, 2.45) is 0 Å². The number of hydrogen-bond donors (Lipinski definition) is 1. The van der Waals surface area contributed by atoms with E-state index in [-0.39, 0.29) is 17.8 Å². The predicted molar refractivity (Wildman–Crippen MR) is 58.4 cm³/mol. The second kappa shape index (κ2) is 4.91. The van der Waals surface area contributed by atoms with Crippen LogP contribution in [0.1, 0.15) is 36.7 Å². The number of hydrogen-bond acceptors (Lipinski definition) is 1. The van der Waals surface area contributed by atoms with Gasteiger partial charge in [-0.1, -0.05) is 6.92 Å². The smallest absolute Gasteiger partial charge is 0.251 e. The number of carbonyl (C=O) groups is 1. The molecule has 0 heterocycles. The molecule has 15 heavy (non-hydrogen) atoms. The molecular weight excluding hydrogens is 193 g/mol. The molecule has 0 saturated heterocycles. The van der Waals surface area contributed by atoms with E-state index in [0.717, 1.165) is 0 Å². The van der Waals surface area contributed by atoms with Crippen molar-refractivity contribution in [3.8, 4) is 0 Å². The van der Waals surface area contributed by atoms with Crippen molar-refractivity contribution in [1.82, 2.24) is 5.32 Å². The molecule has 0 radical (unpaired) electrons. The minimum absolute atomic E-state index is 0.0904. The van der Waals surface area contributed by atoms with Crippen LogP contribution < -0.4 is 5.32 Å². The molecule has 0 spiro atoms. The van der Waals surface area contributed by atoms with E-state index < -0.39 is 0 Å². The first-order chi connectivity index (χ1) is 7.04. The highest BCUT2D eigenvalue weighted by molar-refractivity contribution is 5.94. The van der Waals surface area contributed by atoms with Gasteiger partial charge in [-0.2, -0.15) is 0 Å². The monoisotopic (exact) mass is 209 g/mol. The molecule has 2 nitrogen and oxygen atoms in total. The molecule has 0 aliphatic rings. The van der Waals surface area contributed by atoms with Crippen molar-refractivity contribution in [3.63, 3.8) is 0 Å². The first kappa shape index (κ1) is 11.7. The maximum atomic E-state index is 13.2. The molecule has 1 aromatic rings. The molecule has 0 unspecified atom stereocenters. The van der Waals surface area contributed by atoms with Gasteiger partial charge in [-0.05, 0) is 44.0 Å².